The van der Waals surface area contributed by atoms with Gasteiger partial charge in [0, 0.05) is 26.1 Å². The van der Waals surface area contributed by atoms with E-state index in [9.17, 15) is 9.59 Å². The van der Waals surface area contributed by atoms with Gasteiger partial charge in [-0.3, -0.25) is 9.59 Å². The minimum Gasteiger partial charge on any atom is -0.459 e. The Kier molecular flexibility index (Phi) is 3.24. The minimum absolute atomic E-state index is 0.0465. The Hall–Kier alpha value is -1.78. The maximum Gasteiger partial charge on any atom is 0.289 e. The fraction of sp³-hybridized carbons (Fsp3) is 0.647. The summed E-state index contributed by atoms with van der Waals surface area (Å²) in [6.07, 6.45) is 7.53. The smallest absolute Gasteiger partial charge is 0.289 e. The molecule has 4 rings (SSSR count). The summed E-state index contributed by atoms with van der Waals surface area (Å²) in [6.45, 7) is 2.30. The highest BCUT2D eigenvalue weighted by molar-refractivity contribution is 5.91. The molecular weight excluding hydrogens is 280 g/mol. The molecule has 1 aromatic rings. The molecule has 0 bridgehead atoms. The first-order valence-corrected chi connectivity index (χ1v) is 8.31. The van der Waals surface area contributed by atoms with Gasteiger partial charge in [-0.2, -0.15) is 0 Å². The summed E-state index contributed by atoms with van der Waals surface area (Å²) in [5.74, 6) is 1.32. The predicted molar refractivity (Wildman–Crippen MR) is 80.2 cm³/mol. The number of carbonyl (C=O) groups is 2. The molecule has 0 N–H and O–H groups in total. The van der Waals surface area contributed by atoms with E-state index in [1.54, 1.807) is 12.1 Å². The van der Waals surface area contributed by atoms with Gasteiger partial charge in [-0.25, -0.2) is 0 Å². The zero-order chi connectivity index (χ0) is 15.2. The molecule has 1 aliphatic carbocycles. The van der Waals surface area contributed by atoms with Crippen LogP contribution in [-0.2, 0) is 4.79 Å². The summed E-state index contributed by atoms with van der Waals surface area (Å²) in [6, 6.07) is 3.46. The number of carbonyl (C=O) groups excluding carboxylic acids is 2. The van der Waals surface area contributed by atoms with Crippen LogP contribution in [0.5, 0.6) is 0 Å². The molecule has 3 heterocycles. The SMILES string of the molecule is O=C(c1ccco1)N1CCCC2(CCC(=O)N2CC2CC2)C1. The fourth-order valence-corrected chi connectivity index (χ4v) is 3.99. The molecule has 0 aromatic carbocycles. The van der Waals surface area contributed by atoms with Crippen LogP contribution in [0.1, 0.15) is 49.1 Å². The van der Waals surface area contributed by atoms with Crippen LogP contribution in [0.25, 0.3) is 0 Å². The predicted octanol–water partition coefficient (Wildman–Crippen LogP) is 2.29. The zero-order valence-electron chi connectivity index (χ0n) is 12.8. The average molecular weight is 302 g/mol. The van der Waals surface area contributed by atoms with E-state index in [0.717, 1.165) is 32.4 Å². The normalized spacial score (nSPS) is 28.6. The van der Waals surface area contributed by atoms with Gasteiger partial charge in [0.25, 0.3) is 5.91 Å². The molecule has 1 unspecified atom stereocenters. The van der Waals surface area contributed by atoms with E-state index in [2.05, 4.69) is 4.90 Å². The number of furan rings is 1. The maximum atomic E-state index is 12.6. The molecule has 3 aliphatic rings. The summed E-state index contributed by atoms with van der Waals surface area (Å²) >= 11 is 0. The molecule has 2 saturated heterocycles. The number of hydrogen-bond acceptors (Lipinski definition) is 3. The van der Waals surface area contributed by atoms with E-state index in [1.165, 1.54) is 19.1 Å². The molecule has 0 radical (unpaired) electrons. The van der Waals surface area contributed by atoms with E-state index in [0.29, 0.717) is 24.6 Å². The summed E-state index contributed by atoms with van der Waals surface area (Å²) in [4.78, 5) is 28.9. The molecule has 2 aliphatic heterocycles. The molecule has 118 valence electrons. The topological polar surface area (TPSA) is 53.8 Å². The lowest BCUT2D eigenvalue weighted by Crippen LogP contribution is -2.58. The van der Waals surface area contributed by atoms with Crippen molar-refractivity contribution in [2.75, 3.05) is 19.6 Å². The van der Waals surface area contributed by atoms with Crippen LogP contribution in [-0.4, -0.2) is 46.8 Å². The van der Waals surface area contributed by atoms with Gasteiger partial charge < -0.3 is 14.2 Å². The number of hydrogen-bond donors (Lipinski definition) is 0. The van der Waals surface area contributed by atoms with Crippen molar-refractivity contribution in [2.24, 2.45) is 5.92 Å². The van der Waals surface area contributed by atoms with Crippen molar-refractivity contribution in [2.45, 2.75) is 44.1 Å². The van der Waals surface area contributed by atoms with Crippen molar-refractivity contribution < 1.29 is 14.0 Å². The Morgan fingerprint density at radius 1 is 1.36 bits per heavy atom. The highest BCUT2D eigenvalue weighted by atomic mass is 16.3. The van der Waals surface area contributed by atoms with Crippen molar-refractivity contribution in [1.82, 2.24) is 9.80 Å². The van der Waals surface area contributed by atoms with Crippen LogP contribution >= 0.6 is 0 Å². The third-order valence-corrected chi connectivity index (χ3v) is 5.39. The number of rotatable bonds is 3. The highest BCUT2D eigenvalue weighted by Crippen LogP contribution is 2.41. The van der Waals surface area contributed by atoms with Crippen molar-refractivity contribution in [3.05, 3.63) is 24.2 Å². The molecule has 1 aromatic heterocycles. The molecule has 5 nitrogen and oxygen atoms in total. The second kappa shape index (κ2) is 5.14. The van der Waals surface area contributed by atoms with E-state index in [1.807, 2.05) is 4.90 Å². The van der Waals surface area contributed by atoms with Gasteiger partial charge in [-0.15, -0.1) is 0 Å². The molecule has 1 saturated carbocycles. The Bertz CT molecular complexity index is 579. The second-order valence-corrected chi connectivity index (χ2v) is 6.98. The standard InChI is InChI=1S/C17H22N2O3/c20-15-6-8-17(19(15)11-13-4-5-13)7-2-9-18(12-17)16(21)14-3-1-10-22-14/h1,3,10,13H,2,4-9,11-12H2. The van der Waals surface area contributed by atoms with Crippen molar-refractivity contribution >= 4 is 11.8 Å². The van der Waals surface area contributed by atoms with Crippen molar-refractivity contribution in [1.29, 1.82) is 0 Å². The largest absolute Gasteiger partial charge is 0.459 e. The van der Waals surface area contributed by atoms with Crippen molar-refractivity contribution in [3.63, 3.8) is 0 Å². The molecule has 1 spiro atoms. The lowest BCUT2D eigenvalue weighted by atomic mass is 9.86. The first-order chi connectivity index (χ1) is 10.7. The molecule has 5 heteroatoms. The third kappa shape index (κ3) is 2.32. The molecule has 1 atom stereocenters. The lowest BCUT2D eigenvalue weighted by molar-refractivity contribution is -0.132. The Balaban J connectivity index is 1.53. The number of likely N-dealkylation sites (tertiary alicyclic amines) is 2. The summed E-state index contributed by atoms with van der Waals surface area (Å²) in [7, 11) is 0. The van der Waals surface area contributed by atoms with Gasteiger partial charge in [-0.05, 0) is 50.2 Å². The van der Waals surface area contributed by atoms with Crippen LogP contribution in [0.4, 0.5) is 0 Å². The molecule has 2 amide bonds. The Morgan fingerprint density at radius 2 is 2.23 bits per heavy atom. The van der Waals surface area contributed by atoms with E-state index in [-0.39, 0.29) is 17.4 Å². The number of piperidine rings is 1. The van der Waals surface area contributed by atoms with E-state index in [4.69, 9.17) is 4.42 Å². The molecule has 3 fully saturated rings. The lowest BCUT2D eigenvalue weighted by Gasteiger charge is -2.45. The van der Waals surface area contributed by atoms with Crippen LogP contribution in [0, 0.1) is 5.92 Å². The summed E-state index contributed by atoms with van der Waals surface area (Å²) < 4.78 is 5.25. The first kappa shape index (κ1) is 13.9. The van der Waals surface area contributed by atoms with Gasteiger partial charge in [-0.1, -0.05) is 0 Å². The van der Waals surface area contributed by atoms with E-state index >= 15 is 0 Å². The number of nitrogens with zero attached hydrogens (tertiary/aromatic N) is 2. The second-order valence-electron chi connectivity index (χ2n) is 6.98. The van der Waals surface area contributed by atoms with E-state index < -0.39 is 0 Å². The van der Waals surface area contributed by atoms with Gasteiger partial charge >= 0.3 is 0 Å². The van der Waals surface area contributed by atoms with Crippen LogP contribution < -0.4 is 0 Å². The zero-order valence-corrected chi connectivity index (χ0v) is 12.8. The fourth-order valence-electron chi connectivity index (χ4n) is 3.99. The minimum atomic E-state index is -0.125. The summed E-state index contributed by atoms with van der Waals surface area (Å²) in [5.41, 5.74) is -0.125. The molecule has 22 heavy (non-hydrogen) atoms. The van der Waals surface area contributed by atoms with Crippen molar-refractivity contribution in [3.8, 4) is 0 Å². The van der Waals surface area contributed by atoms with Crippen LogP contribution in [0.3, 0.4) is 0 Å². The van der Waals surface area contributed by atoms with Crippen LogP contribution in [0.15, 0.2) is 22.8 Å². The van der Waals surface area contributed by atoms with Gasteiger partial charge in [0.05, 0.1) is 11.8 Å². The van der Waals surface area contributed by atoms with Gasteiger partial charge in [0.15, 0.2) is 5.76 Å². The van der Waals surface area contributed by atoms with Gasteiger partial charge in [0.1, 0.15) is 0 Å². The summed E-state index contributed by atoms with van der Waals surface area (Å²) in [5, 5.41) is 0. The quantitative estimate of drug-likeness (QED) is 0.861. The first-order valence-electron chi connectivity index (χ1n) is 8.31. The van der Waals surface area contributed by atoms with Crippen LogP contribution in [0.2, 0.25) is 0 Å². The van der Waals surface area contributed by atoms with Gasteiger partial charge in [0.2, 0.25) is 5.91 Å². The third-order valence-electron chi connectivity index (χ3n) is 5.39. The maximum absolute atomic E-state index is 12.6. The monoisotopic (exact) mass is 302 g/mol. The Morgan fingerprint density at radius 3 is 2.95 bits per heavy atom. The highest BCUT2D eigenvalue weighted by Gasteiger charge is 2.49. The average Bonchev–Trinajstić information content (AvgIpc) is 3.10. The number of amides is 2. The molecular formula is C17H22N2O3. The Labute approximate surface area is 130 Å².